The number of aliphatic hydroxyl groups is 2. The van der Waals surface area contributed by atoms with E-state index in [9.17, 15) is 29.9 Å². The van der Waals surface area contributed by atoms with Crippen molar-refractivity contribution in [2.45, 2.75) is 102 Å². The number of esters is 1. The molecule has 1 fully saturated rings. The van der Waals surface area contributed by atoms with Crippen molar-refractivity contribution in [3.05, 3.63) is 58.2 Å². The molecule has 40 heavy (non-hydrogen) atoms. The zero-order chi connectivity index (χ0) is 29.2. The van der Waals surface area contributed by atoms with E-state index < -0.39 is 17.3 Å². The summed E-state index contributed by atoms with van der Waals surface area (Å²) in [5.74, 6) is -0.483. The van der Waals surface area contributed by atoms with Gasteiger partial charge in [0.25, 0.3) is 5.09 Å². The molecule has 3 N–H and O–H groups in total. The molecule has 1 aromatic rings. The Hall–Kier alpha value is -2.98. The summed E-state index contributed by atoms with van der Waals surface area (Å²) < 4.78 is 5.81. The third-order valence-corrected chi connectivity index (χ3v) is 7.43. The molecule has 0 radical (unpaired) electrons. The second-order valence-electron chi connectivity index (χ2n) is 10.5. The lowest BCUT2D eigenvalue weighted by molar-refractivity contribution is -0.757. The summed E-state index contributed by atoms with van der Waals surface area (Å²) in [6.07, 6.45) is 9.10. The number of benzene rings is 1. The summed E-state index contributed by atoms with van der Waals surface area (Å²) in [6.45, 7) is 2.47. The van der Waals surface area contributed by atoms with Crippen molar-refractivity contribution in [2.24, 2.45) is 11.8 Å². The Kier molecular flexibility index (Phi) is 15.9. The smallest absolute Gasteiger partial charge is 0.306 e. The molecule has 0 aliphatic heterocycles. The number of rotatable bonds is 20. The number of carbonyl (C=O) groups is 2. The number of unbranched alkanes of at least 4 members (excludes halogenated alkanes) is 2. The molecule has 1 aromatic carbocycles. The monoisotopic (exact) mass is 562 g/mol. The first kappa shape index (κ1) is 33.2. The number of amides is 1. The maximum atomic E-state index is 12.5. The van der Waals surface area contributed by atoms with Gasteiger partial charge in [-0.1, -0.05) is 42.5 Å². The standard InChI is InChI=1S/C30H46N2O8/c1-2-31-29(35)15-9-4-3-8-14-25-26(28(34)22-27(25)33)20-19-24(18-17-23-12-6-5-7-13-23)40-30(36)16-10-11-21-39-32(37)38/h3,5-8,12-13,24-28,33-34H,2,4,9-11,14-22H2,1H3,(H,31,35)/b8-3-/t24-,25+,26+,27-,28+/m0/s1. The van der Waals surface area contributed by atoms with Gasteiger partial charge in [0.1, 0.15) is 6.10 Å². The van der Waals surface area contributed by atoms with E-state index in [1.807, 2.05) is 49.4 Å². The van der Waals surface area contributed by atoms with Crippen LogP contribution in [0.25, 0.3) is 0 Å². The molecule has 0 bridgehead atoms. The van der Waals surface area contributed by atoms with E-state index in [0.29, 0.717) is 57.9 Å². The molecular weight excluding hydrogens is 516 g/mol. The fraction of sp³-hybridized carbons (Fsp3) is 0.667. The van der Waals surface area contributed by atoms with E-state index in [-0.39, 0.29) is 42.8 Å². The molecule has 0 heterocycles. The second kappa shape index (κ2) is 19.2. The molecule has 1 amide bonds. The van der Waals surface area contributed by atoms with Gasteiger partial charge < -0.3 is 25.1 Å². The Morgan fingerprint density at radius 2 is 1.82 bits per heavy atom. The van der Waals surface area contributed by atoms with Gasteiger partial charge >= 0.3 is 5.97 Å². The van der Waals surface area contributed by atoms with Crippen LogP contribution in [-0.4, -0.2) is 58.6 Å². The lowest BCUT2D eigenvalue weighted by Gasteiger charge is -2.25. The predicted octanol–water partition coefficient (Wildman–Crippen LogP) is 4.30. The molecule has 0 aromatic heterocycles. The third-order valence-electron chi connectivity index (χ3n) is 7.43. The first-order chi connectivity index (χ1) is 19.3. The van der Waals surface area contributed by atoms with Crippen molar-refractivity contribution in [3.63, 3.8) is 0 Å². The van der Waals surface area contributed by atoms with Crippen LogP contribution in [0.3, 0.4) is 0 Å². The Balaban J connectivity index is 1.88. The van der Waals surface area contributed by atoms with E-state index >= 15 is 0 Å². The van der Waals surface area contributed by atoms with Crippen molar-refractivity contribution in [3.8, 4) is 0 Å². The fourth-order valence-corrected chi connectivity index (χ4v) is 5.31. The maximum absolute atomic E-state index is 12.5. The van der Waals surface area contributed by atoms with Crippen molar-refractivity contribution in [1.82, 2.24) is 5.32 Å². The molecule has 1 saturated carbocycles. The summed E-state index contributed by atoms with van der Waals surface area (Å²) in [5.41, 5.74) is 1.15. The van der Waals surface area contributed by atoms with Crippen LogP contribution in [0.5, 0.6) is 0 Å². The molecule has 0 spiro atoms. The van der Waals surface area contributed by atoms with Crippen LogP contribution in [0, 0.1) is 22.0 Å². The number of nitrogens with one attached hydrogen (secondary N) is 1. The van der Waals surface area contributed by atoms with E-state index in [2.05, 4.69) is 10.2 Å². The van der Waals surface area contributed by atoms with Crippen molar-refractivity contribution < 1.29 is 34.5 Å². The van der Waals surface area contributed by atoms with Crippen LogP contribution in [0.2, 0.25) is 0 Å². The van der Waals surface area contributed by atoms with Crippen molar-refractivity contribution >= 4 is 11.9 Å². The van der Waals surface area contributed by atoms with Crippen LogP contribution >= 0.6 is 0 Å². The lowest BCUT2D eigenvalue weighted by atomic mass is 9.85. The summed E-state index contributed by atoms with van der Waals surface area (Å²) in [6, 6.07) is 9.96. The van der Waals surface area contributed by atoms with Gasteiger partial charge in [-0.15, -0.1) is 10.1 Å². The molecule has 2 rings (SSSR count). The van der Waals surface area contributed by atoms with Gasteiger partial charge in [0, 0.05) is 19.4 Å². The predicted molar refractivity (Wildman–Crippen MR) is 151 cm³/mol. The second-order valence-corrected chi connectivity index (χ2v) is 10.5. The Morgan fingerprint density at radius 1 is 1.07 bits per heavy atom. The Bertz CT molecular complexity index is 910. The fourth-order valence-electron chi connectivity index (χ4n) is 5.31. The number of aliphatic hydroxyl groups excluding tert-OH is 2. The molecule has 0 unspecified atom stereocenters. The molecule has 0 saturated heterocycles. The number of carbonyl (C=O) groups excluding carboxylic acids is 2. The molecule has 5 atom stereocenters. The van der Waals surface area contributed by atoms with Gasteiger partial charge in [0.05, 0.1) is 18.8 Å². The van der Waals surface area contributed by atoms with E-state index in [1.165, 1.54) is 0 Å². The van der Waals surface area contributed by atoms with Crippen molar-refractivity contribution in [1.29, 1.82) is 0 Å². The van der Waals surface area contributed by atoms with Gasteiger partial charge in [-0.3, -0.25) is 9.59 Å². The Labute approximate surface area is 237 Å². The number of hydrogen-bond acceptors (Lipinski definition) is 8. The highest BCUT2D eigenvalue weighted by Gasteiger charge is 2.40. The van der Waals surface area contributed by atoms with Gasteiger partial charge in [-0.05, 0) is 88.5 Å². The van der Waals surface area contributed by atoms with Crippen LogP contribution in [-0.2, 0) is 25.6 Å². The highest BCUT2D eigenvalue weighted by molar-refractivity contribution is 5.75. The third kappa shape index (κ3) is 13.4. The van der Waals surface area contributed by atoms with Crippen molar-refractivity contribution in [2.75, 3.05) is 13.2 Å². The highest BCUT2D eigenvalue weighted by Crippen LogP contribution is 2.39. The van der Waals surface area contributed by atoms with Gasteiger partial charge in [0.15, 0.2) is 0 Å². The molecule has 224 valence electrons. The summed E-state index contributed by atoms with van der Waals surface area (Å²) >= 11 is 0. The number of hydrogen-bond donors (Lipinski definition) is 3. The quantitative estimate of drug-likeness (QED) is 0.0700. The van der Waals surface area contributed by atoms with E-state index in [1.54, 1.807) is 0 Å². The van der Waals surface area contributed by atoms with Gasteiger partial charge in [0.2, 0.25) is 5.91 Å². The molecule has 1 aliphatic rings. The first-order valence-electron chi connectivity index (χ1n) is 14.6. The summed E-state index contributed by atoms with van der Waals surface area (Å²) in [7, 11) is 0. The zero-order valence-corrected chi connectivity index (χ0v) is 23.6. The topological polar surface area (TPSA) is 148 Å². The minimum Gasteiger partial charge on any atom is -0.462 e. The number of allylic oxidation sites excluding steroid dienone is 2. The summed E-state index contributed by atoms with van der Waals surface area (Å²) in [4.78, 5) is 38.6. The molecule has 10 nitrogen and oxygen atoms in total. The SMILES string of the molecule is CCNC(=O)CCC/C=C\C[C@@H]1[C@@H](CC[C@H](CCc2ccccc2)OC(=O)CCCCO[N+](=O)[O-])[C@H](O)C[C@@H]1O. The van der Waals surface area contributed by atoms with Gasteiger partial charge in [-0.25, -0.2) is 0 Å². The summed E-state index contributed by atoms with van der Waals surface area (Å²) in [5, 5.41) is 33.5. The van der Waals surface area contributed by atoms with Crippen LogP contribution in [0.4, 0.5) is 0 Å². The van der Waals surface area contributed by atoms with E-state index in [0.717, 1.165) is 24.8 Å². The zero-order valence-electron chi connectivity index (χ0n) is 23.6. The number of ether oxygens (including phenoxy) is 1. The first-order valence-corrected chi connectivity index (χ1v) is 14.6. The minimum atomic E-state index is -0.843. The Morgan fingerprint density at radius 3 is 2.55 bits per heavy atom. The number of nitrogens with zero attached hydrogens (tertiary/aromatic N) is 1. The average molecular weight is 563 g/mol. The van der Waals surface area contributed by atoms with Crippen LogP contribution < -0.4 is 5.32 Å². The molecule has 1 aliphatic carbocycles. The maximum Gasteiger partial charge on any atom is 0.306 e. The largest absolute Gasteiger partial charge is 0.462 e. The van der Waals surface area contributed by atoms with Crippen LogP contribution in [0.15, 0.2) is 42.5 Å². The van der Waals surface area contributed by atoms with Crippen LogP contribution in [0.1, 0.15) is 83.1 Å². The number of aryl methyl sites for hydroxylation is 1. The molecule has 10 heteroatoms. The highest BCUT2D eigenvalue weighted by atomic mass is 16.9. The average Bonchev–Trinajstić information content (AvgIpc) is 3.19. The normalized spacial score (nSPS) is 21.3. The minimum absolute atomic E-state index is 0.0520. The van der Waals surface area contributed by atoms with Gasteiger partial charge in [-0.2, -0.15) is 0 Å². The molecular formula is C30H46N2O8. The lowest BCUT2D eigenvalue weighted by Crippen LogP contribution is -2.25. The van der Waals surface area contributed by atoms with E-state index in [4.69, 9.17) is 4.74 Å².